The van der Waals surface area contributed by atoms with E-state index in [1.54, 1.807) is 13.2 Å². The van der Waals surface area contributed by atoms with Crippen LogP contribution in [-0.2, 0) is 0 Å². The fourth-order valence-electron chi connectivity index (χ4n) is 3.75. The first kappa shape index (κ1) is 19.6. The van der Waals surface area contributed by atoms with Gasteiger partial charge in [-0.15, -0.1) is 0 Å². The van der Waals surface area contributed by atoms with Gasteiger partial charge in [-0.2, -0.15) is 9.97 Å². The Morgan fingerprint density at radius 1 is 1.03 bits per heavy atom. The van der Waals surface area contributed by atoms with E-state index in [9.17, 15) is 4.39 Å². The Labute approximate surface area is 181 Å². The van der Waals surface area contributed by atoms with E-state index in [4.69, 9.17) is 20.2 Å². The molecule has 0 atom stereocenters. The molecule has 1 fully saturated rings. The first-order valence-electron chi connectivity index (χ1n) is 9.70. The van der Waals surface area contributed by atoms with Crippen LogP contribution in [0.3, 0.4) is 0 Å². The van der Waals surface area contributed by atoms with Crippen molar-refractivity contribution in [2.45, 2.75) is 0 Å². The van der Waals surface area contributed by atoms with Gasteiger partial charge in [-0.05, 0) is 18.2 Å². The van der Waals surface area contributed by atoms with Crippen LogP contribution in [0.4, 0.5) is 15.3 Å². The van der Waals surface area contributed by atoms with Crippen LogP contribution in [0.5, 0.6) is 11.9 Å². The van der Waals surface area contributed by atoms with E-state index >= 15 is 0 Å². The van der Waals surface area contributed by atoms with Crippen molar-refractivity contribution >= 4 is 43.5 Å². The van der Waals surface area contributed by atoms with Crippen LogP contribution in [0.15, 0.2) is 18.2 Å². The number of methoxy groups -OCH3 is 2. The molecule has 0 unspecified atom stereocenters. The summed E-state index contributed by atoms with van der Waals surface area (Å²) < 4.78 is 25.7. The van der Waals surface area contributed by atoms with Gasteiger partial charge in [0.15, 0.2) is 10.9 Å². The SMILES string of the molecule is COc1nc(N2CCNCC2)c2nc(OC)c(-c3ccc(F)c4sc(N)nc34)cc2n1. The summed E-state index contributed by atoms with van der Waals surface area (Å²) in [6, 6.07) is 5.14. The largest absolute Gasteiger partial charge is 0.481 e. The second-order valence-corrected chi connectivity index (χ2v) is 8.04. The lowest BCUT2D eigenvalue weighted by Gasteiger charge is -2.29. The maximum atomic E-state index is 14.3. The summed E-state index contributed by atoms with van der Waals surface area (Å²) >= 11 is 1.10. The monoisotopic (exact) mass is 441 g/mol. The van der Waals surface area contributed by atoms with Crippen molar-refractivity contribution in [3.05, 3.63) is 24.0 Å². The van der Waals surface area contributed by atoms with Gasteiger partial charge in [-0.3, -0.25) is 0 Å². The molecule has 0 saturated carbocycles. The number of ether oxygens (including phenoxy) is 2. The lowest BCUT2D eigenvalue weighted by atomic mass is 10.0. The highest BCUT2D eigenvalue weighted by Crippen LogP contribution is 2.40. The molecule has 9 nitrogen and oxygen atoms in total. The van der Waals surface area contributed by atoms with Crippen molar-refractivity contribution in [3.63, 3.8) is 0 Å². The van der Waals surface area contributed by atoms with Crippen molar-refractivity contribution in [3.8, 4) is 23.0 Å². The number of hydrogen-bond acceptors (Lipinski definition) is 10. The molecule has 31 heavy (non-hydrogen) atoms. The minimum absolute atomic E-state index is 0.251. The molecule has 0 radical (unpaired) electrons. The van der Waals surface area contributed by atoms with Crippen LogP contribution < -0.4 is 25.4 Å². The molecule has 3 aromatic heterocycles. The number of rotatable bonds is 4. The summed E-state index contributed by atoms with van der Waals surface area (Å²) in [7, 11) is 3.07. The van der Waals surface area contributed by atoms with Crippen molar-refractivity contribution in [1.82, 2.24) is 25.3 Å². The molecule has 1 saturated heterocycles. The molecule has 5 rings (SSSR count). The maximum Gasteiger partial charge on any atom is 0.318 e. The van der Waals surface area contributed by atoms with Gasteiger partial charge in [-0.25, -0.2) is 14.4 Å². The third-order valence-electron chi connectivity index (χ3n) is 5.19. The molecule has 3 N–H and O–H groups in total. The van der Waals surface area contributed by atoms with Gasteiger partial charge in [0.25, 0.3) is 0 Å². The molecule has 0 aliphatic carbocycles. The summed E-state index contributed by atoms with van der Waals surface area (Å²) in [5.74, 6) is 0.693. The fourth-order valence-corrected chi connectivity index (χ4v) is 4.52. The Kier molecular flexibility index (Phi) is 4.91. The smallest absolute Gasteiger partial charge is 0.318 e. The Balaban J connectivity index is 1.76. The predicted octanol–water partition coefficient (Wildman–Crippen LogP) is 2.45. The maximum absolute atomic E-state index is 14.3. The van der Waals surface area contributed by atoms with Crippen LogP contribution in [-0.4, -0.2) is 60.3 Å². The average molecular weight is 441 g/mol. The summed E-state index contributed by atoms with van der Waals surface area (Å²) in [6.45, 7) is 3.28. The van der Waals surface area contributed by atoms with E-state index in [1.165, 1.54) is 13.2 Å². The minimum atomic E-state index is -0.370. The number of aromatic nitrogens is 4. The Hall–Kier alpha value is -3.31. The summed E-state index contributed by atoms with van der Waals surface area (Å²) in [6.07, 6.45) is 0. The molecular weight excluding hydrogens is 421 g/mol. The number of nitrogen functional groups attached to an aromatic ring is 1. The molecular formula is C20H20FN7O2S. The quantitative estimate of drug-likeness (QED) is 0.493. The molecule has 11 heteroatoms. The third-order valence-corrected chi connectivity index (χ3v) is 6.08. The van der Waals surface area contributed by atoms with Crippen molar-refractivity contribution in [2.75, 3.05) is 51.0 Å². The highest BCUT2D eigenvalue weighted by Gasteiger charge is 2.23. The Morgan fingerprint density at radius 3 is 2.58 bits per heavy atom. The number of pyridine rings is 1. The minimum Gasteiger partial charge on any atom is -0.481 e. The molecule has 0 bridgehead atoms. The second kappa shape index (κ2) is 7.75. The highest BCUT2D eigenvalue weighted by molar-refractivity contribution is 7.22. The normalized spacial score (nSPS) is 14.4. The summed E-state index contributed by atoms with van der Waals surface area (Å²) in [4.78, 5) is 20.3. The van der Waals surface area contributed by atoms with Crippen molar-refractivity contribution < 1.29 is 13.9 Å². The van der Waals surface area contributed by atoms with Gasteiger partial charge in [0.2, 0.25) is 5.88 Å². The van der Waals surface area contributed by atoms with E-state index < -0.39 is 0 Å². The molecule has 1 aliphatic heterocycles. The van der Waals surface area contributed by atoms with E-state index in [-0.39, 0.29) is 11.8 Å². The number of nitrogens with two attached hydrogens (primary N) is 1. The average Bonchev–Trinajstić information content (AvgIpc) is 3.20. The van der Waals surface area contributed by atoms with Crippen LogP contribution in [0, 0.1) is 5.82 Å². The van der Waals surface area contributed by atoms with Crippen LogP contribution >= 0.6 is 11.3 Å². The number of thiazole rings is 1. The number of nitrogens with one attached hydrogen (secondary N) is 1. The number of piperazine rings is 1. The molecule has 0 spiro atoms. The van der Waals surface area contributed by atoms with Gasteiger partial charge in [0.1, 0.15) is 11.3 Å². The van der Waals surface area contributed by atoms with Crippen LogP contribution in [0.2, 0.25) is 0 Å². The fraction of sp³-hybridized carbons (Fsp3) is 0.300. The Morgan fingerprint density at radius 2 is 1.84 bits per heavy atom. The topological polar surface area (TPSA) is 111 Å². The molecule has 1 aromatic carbocycles. The number of hydrogen-bond donors (Lipinski definition) is 2. The first-order valence-corrected chi connectivity index (χ1v) is 10.5. The van der Waals surface area contributed by atoms with E-state index in [1.807, 2.05) is 6.07 Å². The molecule has 4 heterocycles. The van der Waals surface area contributed by atoms with Crippen LogP contribution in [0.25, 0.3) is 32.4 Å². The number of fused-ring (bicyclic) bond motifs is 2. The molecule has 1 aliphatic rings. The number of halogens is 1. The zero-order chi connectivity index (χ0) is 21.5. The van der Waals surface area contributed by atoms with Gasteiger partial charge in [-0.1, -0.05) is 11.3 Å². The van der Waals surface area contributed by atoms with Crippen molar-refractivity contribution in [2.24, 2.45) is 0 Å². The first-order chi connectivity index (χ1) is 15.1. The van der Waals surface area contributed by atoms with Gasteiger partial charge in [0, 0.05) is 37.3 Å². The van der Waals surface area contributed by atoms with Crippen molar-refractivity contribution in [1.29, 1.82) is 0 Å². The van der Waals surface area contributed by atoms with Gasteiger partial charge >= 0.3 is 6.01 Å². The van der Waals surface area contributed by atoms with Gasteiger partial charge < -0.3 is 25.4 Å². The summed E-state index contributed by atoms with van der Waals surface area (Å²) in [5.41, 5.74) is 8.82. The zero-order valence-corrected chi connectivity index (χ0v) is 17.8. The lowest BCUT2D eigenvalue weighted by Crippen LogP contribution is -2.44. The molecule has 160 valence electrons. The summed E-state index contributed by atoms with van der Waals surface area (Å²) in [5, 5.41) is 3.62. The lowest BCUT2D eigenvalue weighted by molar-refractivity contribution is 0.381. The molecule has 4 aromatic rings. The standard InChI is InChI=1S/C20H20FN7O2S/c1-29-18-11(10-3-4-12(21)16-14(10)26-19(22)31-16)9-13-15(25-18)17(27-20(24-13)30-2)28-7-5-23-6-8-28/h3-4,9,23H,5-8H2,1-2H3,(H2,22,26). The van der Waals surface area contributed by atoms with Crippen LogP contribution in [0.1, 0.15) is 0 Å². The number of benzene rings is 1. The predicted molar refractivity (Wildman–Crippen MR) is 119 cm³/mol. The van der Waals surface area contributed by atoms with E-state index in [0.717, 1.165) is 37.5 Å². The number of anilines is 2. The van der Waals surface area contributed by atoms with Gasteiger partial charge in [0.05, 0.1) is 30.0 Å². The number of nitrogens with zero attached hydrogens (tertiary/aromatic N) is 5. The third kappa shape index (κ3) is 3.35. The van der Waals surface area contributed by atoms with E-state index in [0.29, 0.717) is 49.2 Å². The molecule has 0 amide bonds. The zero-order valence-electron chi connectivity index (χ0n) is 17.0. The second-order valence-electron chi connectivity index (χ2n) is 7.01. The van der Waals surface area contributed by atoms with E-state index in [2.05, 4.69) is 25.2 Å². The highest BCUT2D eigenvalue weighted by atomic mass is 32.1. The Bertz CT molecular complexity index is 1290.